The first-order valence-electron chi connectivity index (χ1n) is 5.61. The van der Waals surface area contributed by atoms with Crippen LogP contribution in [0.3, 0.4) is 0 Å². The summed E-state index contributed by atoms with van der Waals surface area (Å²) >= 11 is 0. The molecule has 2 atom stereocenters. The molecule has 0 radical (unpaired) electrons. The largest absolute Gasteiger partial charge is 0.384 e. The Bertz CT molecular complexity index is 567. The summed E-state index contributed by atoms with van der Waals surface area (Å²) in [6.07, 6.45) is 6.91. The molecule has 6 heteroatoms. The van der Waals surface area contributed by atoms with E-state index in [1.807, 2.05) is 23.6 Å². The highest BCUT2D eigenvalue weighted by Crippen LogP contribution is 2.23. The van der Waals surface area contributed by atoms with Gasteiger partial charge in [-0.15, -0.1) is 0 Å². The maximum absolute atomic E-state index is 11.3. The first-order chi connectivity index (χ1) is 8.58. The molecule has 2 N–H and O–H groups in total. The number of hydrogen-bond acceptors (Lipinski definition) is 4. The number of nitrogens with two attached hydrogens (primary N) is 1. The van der Waals surface area contributed by atoms with Gasteiger partial charge in [0.15, 0.2) is 0 Å². The van der Waals surface area contributed by atoms with Crippen molar-refractivity contribution < 1.29 is 4.21 Å². The molecule has 18 heavy (non-hydrogen) atoms. The third kappa shape index (κ3) is 2.76. The van der Waals surface area contributed by atoms with Crippen molar-refractivity contribution in [3.63, 3.8) is 0 Å². The number of rotatable bonds is 4. The lowest BCUT2D eigenvalue weighted by Gasteiger charge is -2.15. The quantitative estimate of drug-likeness (QED) is 0.907. The van der Waals surface area contributed by atoms with Crippen molar-refractivity contribution >= 4 is 16.6 Å². The second-order valence-electron chi connectivity index (χ2n) is 4.24. The fourth-order valence-corrected chi connectivity index (χ4v) is 2.75. The third-order valence-corrected chi connectivity index (χ3v) is 3.65. The van der Waals surface area contributed by atoms with Crippen molar-refractivity contribution in [2.75, 3.05) is 17.7 Å². The molecule has 0 fully saturated rings. The highest BCUT2D eigenvalue weighted by atomic mass is 32.2. The van der Waals surface area contributed by atoms with Crippen molar-refractivity contribution in [2.24, 2.45) is 0 Å². The van der Waals surface area contributed by atoms with Crippen LogP contribution in [-0.2, 0) is 10.8 Å². The monoisotopic (exact) mass is 264 g/mol. The molecule has 2 rings (SSSR count). The van der Waals surface area contributed by atoms with Gasteiger partial charge in [-0.1, -0.05) is 0 Å². The van der Waals surface area contributed by atoms with Crippen molar-refractivity contribution in [3.8, 4) is 11.3 Å². The minimum absolute atomic E-state index is 0.128. The Kier molecular flexibility index (Phi) is 3.76. The normalized spacial score (nSPS) is 14.3. The molecule has 2 heterocycles. The fraction of sp³-hybridized carbons (Fsp3) is 0.333. The minimum atomic E-state index is -0.835. The average molecular weight is 264 g/mol. The number of anilines is 1. The minimum Gasteiger partial charge on any atom is -0.384 e. The summed E-state index contributed by atoms with van der Waals surface area (Å²) in [6.45, 7) is 2.02. The Hall–Kier alpha value is -1.69. The summed E-state index contributed by atoms with van der Waals surface area (Å²) in [4.78, 5) is 8.13. The molecule has 0 saturated heterocycles. The van der Waals surface area contributed by atoms with Crippen molar-refractivity contribution in [2.45, 2.75) is 13.0 Å². The number of pyridine rings is 1. The van der Waals surface area contributed by atoms with Crippen LogP contribution >= 0.6 is 0 Å². The van der Waals surface area contributed by atoms with E-state index in [1.165, 1.54) is 0 Å². The van der Waals surface area contributed by atoms with E-state index in [0.717, 1.165) is 11.3 Å². The summed E-state index contributed by atoms with van der Waals surface area (Å²) in [7, 11) is -0.835. The van der Waals surface area contributed by atoms with Crippen LogP contribution in [-0.4, -0.2) is 30.8 Å². The van der Waals surface area contributed by atoms with Crippen molar-refractivity contribution in [1.82, 2.24) is 14.5 Å². The van der Waals surface area contributed by atoms with Gasteiger partial charge in [-0.3, -0.25) is 4.21 Å². The van der Waals surface area contributed by atoms with Crippen molar-refractivity contribution in [3.05, 3.63) is 30.9 Å². The molecule has 2 aromatic rings. The van der Waals surface area contributed by atoms with E-state index in [4.69, 9.17) is 5.73 Å². The van der Waals surface area contributed by atoms with Crippen LogP contribution < -0.4 is 5.73 Å². The highest BCUT2D eigenvalue weighted by molar-refractivity contribution is 7.84. The zero-order valence-corrected chi connectivity index (χ0v) is 11.2. The topological polar surface area (TPSA) is 73.8 Å². The molecule has 0 saturated carbocycles. The number of hydrogen-bond donors (Lipinski definition) is 1. The van der Waals surface area contributed by atoms with Gasteiger partial charge >= 0.3 is 0 Å². The van der Waals surface area contributed by atoms with Gasteiger partial charge in [0, 0.05) is 40.6 Å². The summed E-state index contributed by atoms with van der Waals surface area (Å²) < 4.78 is 13.3. The van der Waals surface area contributed by atoms with E-state index in [0.29, 0.717) is 11.6 Å². The van der Waals surface area contributed by atoms with E-state index in [1.54, 1.807) is 25.0 Å². The molecule has 5 nitrogen and oxygen atoms in total. The molecule has 0 aromatic carbocycles. The maximum atomic E-state index is 11.3. The van der Waals surface area contributed by atoms with Crippen LogP contribution in [0.5, 0.6) is 0 Å². The molecular formula is C12H16N4OS. The number of imidazole rings is 1. The van der Waals surface area contributed by atoms with E-state index in [2.05, 4.69) is 9.97 Å². The Morgan fingerprint density at radius 2 is 2.33 bits per heavy atom. The van der Waals surface area contributed by atoms with Crippen LogP contribution in [0.25, 0.3) is 11.3 Å². The Morgan fingerprint density at radius 3 is 3.00 bits per heavy atom. The fourth-order valence-electron chi connectivity index (χ4n) is 1.91. The Labute approximate surface area is 109 Å². The van der Waals surface area contributed by atoms with Gasteiger partial charge in [-0.25, -0.2) is 9.97 Å². The molecule has 0 bridgehead atoms. The molecule has 0 aliphatic rings. The lowest BCUT2D eigenvalue weighted by molar-refractivity contribution is 0.601. The molecule has 0 spiro atoms. The van der Waals surface area contributed by atoms with E-state index in [-0.39, 0.29) is 6.04 Å². The van der Waals surface area contributed by atoms with Crippen molar-refractivity contribution in [1.29, 1.82) is 0 Å². The first-order valence-corrected chi connectivity index (χ1v) is 7.34. The predicted molar refractivity (Wildman–Crippen MR) is 73.5 cm³/mol. The van der Waals surface area contributed by atoms with Gasteiger partial charge in [0.05, 0.1) is 18.2 Å². The van der Waals surface area contributed by atoms with Gasteiger partial charge in [0.1, 0.15) is 5.82 Å². The summed E-state index contributed by atoms with van der Waals surface area (Å²) in [5, 5.41) is 0. The molecule has 0 aliphatic heterocycles. The van der Waals surface area contributed by atoms with Gasteiger partial charge in [-0.05, 0) is 19.1 Å². The van der Waals surface area contributed by atoms with Crippen LogP contribution in [0.4, 0.5) is 5.82 Å². The molecule has 2 unspecified atom stereocenters. The lowest BCUT2D eigenvalue weighted by atomic mass is 10.2. The maximum Gasteiger partial charge on any atom is 0.123 e. The number of nitrogens with zero attached hydrogens (tertiary/aromatic N) is 3. The lowest BCUT2D eigenvalue weighted by Crippen LogP contribution is -2.13. The third-order valence-electron chi connectivity index (χ3n) is 2.69. The van der Waals surface area contributed by atoms with E-state index >= 15 is 0 Å². The van der Waals surface area contributed by atoms with Gasteiger partial charge in [0.25, 0.3) is 0 Å². The molecule has 0 amide bonds. The molecule has 96 valence electrons. The van der Waals surface area contributed by atoms with Crippen LogP contribution in [0.2, 0.25) is 0 Å². The van der Waals surface area contributed by atoms with Crippen LogP contribution in [0.1, 0.15) is 13.0 Å². The number of aromatic nitrogens is 3. The van der Waals surface area contributed by atoms with Crippen LogP contribution in [0, 0.1) is 0 Å². The smallest absolute Gasteiger partial charge is 0.123 e. The van der Waals surface area contributed by atoms with Crippen LogP contribution in [0.15, 0.2) is 30.9 Å². The second-order valence-corrected chi connectivity index (χ2v) is 5.72. The van der Waals surface area contributed by atoms with E-state index < -0.39 is 10.8 Å². The SMILES string of the molecule is CC(CS(C)=O)n1cncc1-c1ccnc(N)c1. The summed E-state index contributed by atoms with van der Waals surface area (Å²) in [5.41, 5.74) is 7.61. The number of nitrogen functional groups attached to an aromatic ring is 1. The summed E-state index contributed by atoms with van der Waals surface area (Å²) in [5.74, 6) is 1.08. The average Bonchev–Trinajstić information content (AvgIpc) is 2.76. The predicted octanol–water partition coefficient (Wildman–Crippen LogP) is 1.47. The van der Waals surface area contributed by atoms with Gasteiger partial charge < -0.3 is 10.3 Å². The van der Waals surface area contributed by atoms with Gasteiger partial charge in [0.2, 0.25) is 0 Å². The van der Waals surface area contributed by atoms with Gasteiger partial charge in [-0.2, -0.15) is 0 Å². The van der Waals surface area contributed by atoms with E-state index in [9.17, 15) is 4.21 Å². The highest BCUT2D eigenvalue weighted by Gasteiger charge is 2.12. The molecule has 0 aliphatic carbocycles. The second kappa shape index (κ2) is 5.30. The molecule has 2 aromatic heterocycles. The zero-order chi connectivity index (χ0) is 13.1. The Balaban J connectivity index is 2.35. The Morgan fingerprint density at radius 1 is 1.56 bits per heavy atom. The zero-order valence-electron chi connectivity index (χ0n) is 10.4. The standard InChI is InChI=1S/C12H16N4OS/c1-9(7-18(2)17)16-8-14-6-11(16)10-3-4-15-12(13)5-10/h3-6,8-9H,7H2,1-2H3,(H2,13,15). The first kappa shape index (κ1) is 12.8. The summed E-state index contributed by atoms with van der Waals surface area (Å²) in [6, 6.07) is 3.82. The molecular weight excluding hydrogens is 248 g/mol.